The monoisotopic (exact) mass is 215 g/mol. The first-order chi connectivity index (χ1) is 9.19. The minimum absolute atomic E-state index is 0.145. The molecule has 0 fully saturated rings. The number of rotatable bonds is 6. The summed E-state index contributed by atoms with van der Waals surface area (Å²) >= 11 is 0. The first-order valence-electron chi connectivity index (χ1n) is 7.21. The van der Waals surface area contributed by atoms with Crippen LogP contribution in [0.25, 0.3) is 0 Å². The van der Waals surface area contributed by atoms with E-state index in [4.69, 9.17) is 6.85 Å². The molecule has 0 bridgehead atoms. The molecule has 1 aromatic rings. The highest BCUT2D eigenvalue weighted by Crippen LogP contribution is 2.08. The molecule has 3 N–H and O–H groups in total. The highest BCUT2D eigenvalue weighted by atomic mass is 15.3. The molecule has 0 unspecified atom stereocenters. The Balaban J connectivity index is 3.04. The number of nitrogens with zero attached hydrogens (tertiary/aromatic N) is 3. The average Bonchev–Trinajstić information content (AvgIpc) is 2.27. The number of anilines is 3. The summed E-state index contributed by atoms with van der Waals surface area (Å²) in [4.78, 5) is 11.9. The molecule has 0 atom stereocenters. The van der Waals surface area contributed by atoms with Gasteiger partial charge < -0.3 is 16.0 Å². The van der Waals surface area contributed by atoms with Crippen molar-refractivity contribution in [1.82, 2.24) is 15.0 Å². The fourth-order valence-corrected chi connectivity index (χ4v) is 0.962. The smallest absolute Gasteiger partial charge is 0.229 e. The molecule has 1 rings (SSSR count). The second-order valence-corrected chi connectivity index (χ2v) is 2.62. The van der Waals surface area contributed by atoms with Crippen molar-refractivity contribution in [2.24, 2.45) is 0 Å². The maximum Gasteiger partial charge on any atom is 0.229 e. The molecule has 0 radical (unpaired) electrons. The topological polar surface area (TPSA) is 74.8 Å². The molecule has 0 saturated heterocycles. The van der Waals surface area contributed by atoms with Gasteiger partial charge in [-0.1, -0.05) is 0 Å². The van der Waals surface area contributed by atoms with Gasteiger partial charge in [0.25, 0.3) is 0 Å². The lowest BCUT2D eigenvalue weighted by molar-refractivity contribution is 0.985. The third-order valence-corrected chi connectivity index (χ3v) is 1.48. The lowest BCUT2D eigenvalue weighted by Gasteiger charge is -2.08. The van der Waals surface area contributed by atoms with E-state index in [1.54, 1.807) is 0 Å². The van der Waals surface area contributed by atoms with Crippen LogP contribution in [0.2, 0.25) is 0 Å². The van der Waals surface area contributed by atoms with Crippen LogP contribution in [-0.4, -0.2) is 34.5 Å². The second kappa shape index (κ2) is 6.00. The van der Waals surface area contributed by atoms with E-state index >= 15 is 0 Å². The largest absolute Gasteiger partial charge is 0.354 e. The van der Waals surface area contributed by atoms with Crippen LogP contribution in [0.1, 0.15) is 27.6 Å². The van der Waals surface area contributed by atoms with Gasteiger partial charge in [-0.25, -0.2) is 0 Å². The Morgan fingerprint density at radius 3 is 1.87 bits per heavy atom. The fourth-order valence-electron chi connectivity index (χ4n) is 0.962. The predicted octanol–water partition coefficient (Wildman–Crippen LogP) is 1.17. The molecule has 6 heteroatoms. The van der Waals surface area contributed by atoms with Crippen molar-refractivity contribution < 1.29 is 6.85 Å². The van der Waals surface area contributed by atoms with E-state index in [1.165, 1.54) is 0 Å². The van der Waals surface area contributed by atoms with Crippen LogP contribution in [0.4, 0.5) is 17.8 Å². The molecule has 6 nitrogen and oxygen atoms in total. The van der Waals surface area contributed by atoms with Crippen molar-refractivity contribution >= 4 is 17.8 Å². The van der Waals surface area contributed by atoms with Gasteiger partial charge in [-0.15, -0.1) is 0 Å². The molecular weight excluding hydrogens is 192 g/mol. The van der Waals surface area contributed by atoms with Gasteiger partial charge in [0.2, 0.25) is 17.8 Å². The lowest BCUT2D eigenvalue weighted by Crippen LogP contribution is -2.11. The van der Waals surface area contributed by atoms with Crippen molar-refractivity contribution in [3.63, 3.8) is 0 Å². The summed E-state index contributed by atoms with van der Waals surface area (Å²) in [6, 6.07) is 0. The zero-order chi connectivity index (χ0) is 15.4. The van der Waals surface area contributed by atoms with Crippen molar-refractivity contribution in [3.05, 3.63) is 0 Å². The second-order valence-electron chi connectivity index (χ2n) is 2.62. The summed E-state index contributed by atoms with van der Waals surface area (Å²) in [5, 5.41) is 7.92. The molecule has 84 valence electrons. The van der Waals surface area contributed by atoms with E-state index in [1.807, 2.05) is 13.8 Å². The zero-order valence-electron chi connectivity index (χ0n) is 13.8. The predicted molar refractivity (Wildman–Crippen MR) is 62.3 cm³/mol. The summed E-state index contributed by atoms with van der Waals surface area (Å²) in [6.07, 6.45) is 0. The van der Waals surface area contributed by atoms with Gasteiger partial charge in [0.05, 0.1) is 0 Å². The number of aromatic nitrogens is 3. The summed E-state index contributed by atoms with van der Waals surface area (Å²) in [5.41, 5.74) is 0. The van der Waals surface area contributed by atoms with E-state index in [0.29, 0.717) is 13.1 Å². The standard InChI is InChI=1S/C9H18N6/c1-4-10-7-13-8(11-5-2)15-9(14-7)12-6-3/h4-6H2,1-3H3,(H3,10,11,12,13,14,15)/i1D3,4D2. The van der Waals surface area contributed by atoms with Crippen molar-refractivity contribution in [2.75, 3.05) is 35.5 Å². The molecule has 0 aromatic carbocycles. The quantitative estimate of drug-likeness (QED) is 0.661. The SMILES string of the molecule is [2H]C([2H])([2H])C([2H])([2H])Nc1nc(NCC)nc(NCC)n1. The molecule has 0 amide bonds. The maximum absolute atomic E-state index is 7.51. The van der Waals surface area contributed by atoms with Crippen LogP contribution in [0.3, 0.4) is 0 Å². The highest BCUT2D eigenvalue weighted by Gasteiger charge is 2.03. The third kappa shape index (κ3) is 3.57. The van der Waals surface area contributed by atoms with Crippen LogP contribution in [0, 0.1) is 0 Å². The Morgan fingerprint density at radius 1 is 1.00 bits per heavy atom. The van der Waals surface area contributed by atoms with E-state index in [0.717, 1.165) is 0 Å². The third-order valence-electron chi connectivity index (χ3n) is 1.48. The molecule has 1 aromatic heterocycles. The minimum atomic E-state index is -2.84. The molecule has 1 heterocycles. The van der Waals surface area contributed by atoms with Crippen LogP contribution in [0.5, 0.6) is 0 Å². The average molecular weight is 215 g/mol. The lowest BCUT2D eigenvalue weighted by atomic mass is 10.7. The van der Waals surface area contributed by atoms with Gasteiger partial charge >= 0.3 is 0 Å². The molecule has 0 spiro atoms. The van der Waals surface area contributed by atoms with Crippen LogP contribution in [0.15, 0.2) is 0 Å². The molecule has 0 saturated carbocycles. The summed E-state index contributed by atoms with van der Waals surface area (Å²) in [6.45, 7) is -0.628. The summed E-state index contributed by atoms with van der Waals surface area (Å²) in [7, 11) is 0. The molecule has 0 aliphatic rings. The van der Waals surface area contributed by atoms with Crippen molar-refractivity contribution in [1.29, 1.82) is 0 Å². The van der Waals surface area contributed by atoms with Crippen molar-refractivity contribution in [3.8, 4) is 0 Å². The number of hydrogen-bond acceptors (Lipinski definition) is 6. The molecular formula is C9H18N6. The van der Waals surface area contributed by atoms with Crippen LogP contribution < -0.4 is 16.0 Å². The van der Waals surface area contributed by atoms with Gasteiger partial charge in [-0.2, -0.15) is 15.0 Å². The number of hydrogen-bond donors (Lipinski definition) is 3. The van der Waals surface area contributed by atoms with Gasteiger partial charge in [0, 0.05) is 26.4 Å². The van der Waals surface area contributed by atoms with E-state index < -0.39 is 13.3 Å². The Kier molecular flexibility index (Phi) is 2.44. The van der Waals surface area contributed by atoms with Gasteiger partial charge in [-0.05, 0) is 20.7 Å². The Hall–Kier alpha value is -1.59. The number of nitrogens with one attached hydrogen (secondary N) is 3. The molecule has 15 heavy (non-hydrogen) atoms. The zero-order valence-corrected chi connectivity index (χ0v) is 8.76. The van der Waals surface area contributed by atoms with Gasteiger partial charge in [0.1, 0.15) is 0 Å². The first-order valence-corrected chi connectivity index (χ1v) is 4.71. The van der Waals surface area contributed by atoms with Gasteiger partial charge in [0.15, 0.2) is 0 Å². The van der Waals surface area contributed by atoms with E-state index in [2.05, 4.69) is 30.9 Å². The fraction of sp³-hybridized carbons (Fsp3) is 0.667. The minimum Gasteiger partial charge on any atom is -0.354 e. The Labute approximate surface area is 97.0 Å². The first kappa shape index (κ1) is 6.09. The van der Waals surface area contributed by atoms with Gasteiger partial charge in [-0.3, -0.25) is 0 Å². The van der Waals surface area contributed by atoms with Crippen LogP contribution in [-0.2, 0) is 0 Å². The molecule has 0 aliphatic heterocycles. The van der Waals surface area contributed by atoms with E-state index in [-0.39, 0.29) is 17.8 Å². The normalized spacial score (nSPS) is 16.5. The Morgan fingerprint density at radius 2 is 1.47 bits per heavy atom. The van der Waals surface area contributed by atoms with Crippen molar-refractivity contribution in [2.45, 2.75) is 20.7 Å². The maximum atomic E-state index is 7.51. The summed E-state index contributed by atoms with van der Waals surface area (Å²) in [5.74, 6) is 0.331. The summed E-state index contributed by atoms with van der Waals surface area (Å²) < 4.78 is 36.5. The van der Waals surface area contributed by atoms with Crippen LogP contribution >= 0.6 is 0 Å². The Bertz CT molecular complexity index is 425. The highest BCUT2D eigenvalue weighted by molar-refractivity contribution is 5.41. The molecule has 0 aliphatic carbocycles. The van der Waals surface area contributed by atoms with E-state index in [9.17, 15) is 0 Å².